The second-order valence-corrected chi connectivity index (χ2v) is 6.74. The SMILES string of the molecule is CN(C)c1ccc(NC(=O)c2csc(NC(=O)Nc3ccccc3)n2)cc1. The Hall–Kier alpha value is -3.39. The number of para-hydroxylation sites is 1. The van der Waals surface area contributed by atoms with E-state index < -0.39 is 6.03 Å². The first-order valence-corrected chi connectivity index (χ1v) is 9.06. The first-order chi connectivity index (χ1) is 13.0. The predicted octanol–water partition coefficient (Wildman–Crippen LogP) is 4.11. The van der Waals surface area contributed by atoms with Crippen LogP contribution in [0.5, 0.6) is 0 Å². The zero-order valence-corrected chi connectivity index (χ0v) is 15.7. The van der Waals surface area contributed by atoms with Crippen molar-refractivity contribution in [2.24, 2.45) is 0 Å². The zero-order valence-electron chi connectivity index (χ0n) is 14.9. The number of urea groups is 1. The number of hydrogen-bond donors (Lipinski definition) is 3. The van der Waals surface area contributed by atoms with Crippen LogP contribution in [0.1, 0.15) is 10.5 Å². The minimum Gasteiger partial charge on any atom is -0.378 e. The van der Waals surface area contributed by atoms with Crippen molar-refractivity contribution in [3.8, 4) is 0 Å². The van der Waals surface area contributed by atoms with Gasteiger partial charge in [-0.05, 0) is 36.4 Å². The van der Waals surface area contributed by atoms with E-state index in [-0.39, 0.29) is 11.6 Å². The van der Waals surface area contributed by atoms with E-state index in [1.54, 1.807) is 17.5 Å². The van der Waals surface area contributed by atoms with E-state index in [0.717, 1.165) is 5.69 Å². The summed E-state index contributed by atoms with van der Waals surface area (Å²) in [5.41, 5.74) is 2.63. The summed E-state index contributed by atoms with van der Waals surface area (Å²) in [5.74, 6) is -0.333. The molecular formula is C19H19N5O2S. The van der Waals surface area contributed by atoms with Gasteiger partial charge in [-0.15, -0.1) is 11.3 Å². The summed E-state index contributed by atoms with van der Waals surface area (Å²) in [6.45, 7) is 0. The molecule has 7 nitrogen and oxygen atoms in total. The van der Waals surface area contributed by atoms with E-state index >= 15 is 0 Å². The molecule has 0 aliphatic carbocycles. The molecule has 0 unspecified atom stereocenters. The fourth-order valence-electron chi connectivity index (χ4n) is 2.25. The number of nitrogens with one attached hydrogen (secondary N) is 3. The normalized spacial score (nSPS) is 10.1. The largest absolute Gasteiger partial charge is 0.378 e. The molecule has 0 spiro atoms. The average molecular weight is 381 g/mol. The Bertz CT molecular complexity index is 923. The van der Waals surface area contributed by atoms with Crippen molar-refractivity contribution in [1.29, 1.82) is 0 Å². The highest BCUT2D eigenvalue weighted by atomic mass is 32.1. The lowest BCUT2D eigenvalue weighted by molar-refractivity contribution is 0.102. The fraction of sp³-hybridized carbons (Fsp3) is 0.105. The third-order valence-electron chi connectivity index (χ3n) is 3.63. The number of nitrogens with zero attached hydrogens (tertiary/aromatic N) is 2. The molecule has 3 rings (SSSR count). The molecule has 3 aromatic rings. The Morgan fingerprint density at radius 3 is 2.22 bits per heavy atom. The van der Waals surface area contributed by atoms with Crippen molar-refractivity contribution >= 4 is 45.5 Å². The molecular weight excluding hydrogens is 362 g/mol. The van der Waals surface area contributed by atoms with E-state index in [4.69, 9.17) is 0 Å². The van der Waals surface area contributed by atoms with Gasteiger partial charge in [0.2, 0.25) is 0 Å². The van der Waals surface area contributed by atoms with Gasteiger partial charge in [0.15, 0.2) is 5.13 Å². The lowest BCUT2D eigenvalue weighted by Gasteiger charge is -2.12. The molecule has 0 radical (unpaired) electrons. The van der Waals surface area contributed by atoms with E-state index in [9.17, 15) is 9.59 Å². The number of thiazole rings is 1. The Morgan fingerprint density at radius 1 is 0.889 bits per heavy atom. The van der Waals surface area contributed by atoms with E-state index in [1.165, 1.54) is 11.3 Å². The van der Waals surface area contributed by atoms with Gasteiger partial charge in [-0.3, -0.25) is 10.1 Å². The lowest BCUT2D eigenvalue weighted by atomic mass is 10.2. The van der Waals surface area contributed by atoms with Gasteiger partial charge < -0.3 is 15.5 Å². The minimum absolute atomic E-state index is 0.242. The van der Waals surface area contributed by atoms with Gasteiger partial charge in [0.1, 0.15) is 5.69 Å². The van der Waals surface area contributed by atoms with Crippen molar-refractivity contribution in [1.82, 2.24) is 4.98 Å². The number of benzene rings is 2. The van der Waals surface area contributed by atoms with Crippen LogP contribution in [0.2, 0.25) is 0 Å². The number of carbonyl (C=O) groups excluding carboxylic acids is 2. The van der Waals surface area contributed by atoms with Crippen molar-refractivity contribution in [3.05, 3.63) is 65.7 Å². The topological polar surface area (TPSA) is 86.4 Å². The summed E-state index contributed by atoms with van der Waals surface area (Å²) in [6, 6.07) is 16.1. The van der Waals surface area contributed by atoms with E-state index in [2.05, 4.69) is 20.9 Å². The smallest absolute Gasteiger partial charge is 0.325 e. The molecule has 0 atom stereocenters. The van der Waals surface area contributed by atoms with Crippen molar-refractivity contribution in [2.45, 2.75) is 0 Å². The van der Waals surface area contributed by atoms with Gasteiger partial charge in [-0.2, -0.15) is 0 Å². The molecule has 138 valence electrons. The van der Waals surface area contributed by atoms with Crippen molar-refractivity contribution in [3.63, 3.8) is 0 Å². The lowest BCUT2D eigenvalue weighted by Crippen LogP contribution is -2.19. The average Bonchev–Trinajstić information content (AvgIpc) is 3.11. The van der Waals surface area contributed by atoms with Crippen LogP contribution in [0.4, 0.5) is 27.0 Å². The molecule has 0 fully saturated rings. The maximum Gasteiger partial charge on any atom is 0.325 e. The number of hydrogen-bond acceptors (Lipinski definition) is 5. The van der Waals surface area contributed by atoms with E-state index in [0.29, 0.717) is 16.5 Å². The van der Waals surface area contributed by atoms with Gasteiger partial charge in [0.05, 0.1) is 0 Å². The summed E-state index contributed by atoms with van der Waals surface area (Å²) in [5, 5.41) is 10.0. The monoisotopic (exact) mass is 381 g/mol. The maximum atomic E-state index is 12.3. The second-order valence-electron chi connectivity index (χ2n) is 5.88. The van der Waals surface area contributed by atoms with Gasteiger partial charge in [0, 0.05) is 36.5 Å². The third kappa shape index (κ3) is 5.05. The quantitative estimate of drug-likeness (QED) is 0.621. The maximum absolute atomic E-state index is 12.3. The van der Waals surface area contributed by atoms with Gasteiger partial charge in [0.25, 0.3) is 5.91 Å². The van der Waals surface area contributed by atoms with Crippen LogP contribution in [0.3, 0.4) is 0 Å². The molecule has 1 aromatic heterocycles. The summed E-state index contributed by atoms with van der Waals surface area (Å²) in [7, 11) is 3.90. The van der Waals surface area contributed by atoms with Crippen LogP contribution in [0.25, 0.3) is 0 Å². The second kappa shape index (κ2) is 8.33. The fourth-order valence-corrected chi connectivity index (χ4v) is 2.94. The molecule has 8 heteroatoms. The summed E-state index contributed by atoms with van der Waals surface area (Å²) in [6.07, 6.45) is 0. The first-order valence-electron chi connectivity index (χ1n) is 8.18. The molecule has 0 saturated heterocycles. The highest BCUT2D eigenvalue weighted by molar-refractivity contribution is 7.14. The minimum atomic E-state index is -0.415. The Labute approximate surface area is 161 Å². The van der Waals surface area contributed by atoms with Crippen LogP contribution in [-0.4, -0.2) is 31.0 Å². The van der Waals surface area contributed by atoms with Crippen LogP contribution in [0.15, 0.2) is 60.0 Å². The van der Waals surface area contributed by atoms with Gasteiger partial charge in [-0.1, -0.05) is 18.2 Å². The van der Waals surface area contributed by atoms with Crippen LogP contribution in [0, 0.1) is 0 Å². The van der Waals surface area contributed by atoms with Crippen molar-refractivity contribution < 1.29 is 9.59 Å². The predicted molar refractivity (Wildman–Crippen MR) is 110 cm³/mol. The number of aromatic nitrogens is 1. The number of carbonyl (C=O) groups is 2. The van der Waals surface area contributed by atoms with Crippen LogP contribution < -0.4 is 20.9 Å². The molecule has 3 N–H and O–H groups in total. The van der Waals surface area contributed by atoms with Gasteiger partial charge >= 0.3 is 6.03 Å². The van der Waals surface area contributed by atoms with Crippen LogP contribution >= 0.6 is 11.3 Å². The van der Waals surface area contributed by atoms with Crippen molar-refractivity contribution in [2.75, 3.05) is 34.9 Å². The molecule has 0 saturated carbocycles. The van der Waals surface area contributed by atoms with E-state index in [1.807, 2.05) is 61.5 Å². The molecule has 2 aromatic carbocycles. The Balaban J connectivity index is 1.57. The molecule has 0 aliphatic heterocycles. The number of rotatable bonds is 5. The first kappa shape index (κ1) is 18.4. The Morgan fingerprint density at radius 2 is 1.56 bits per heavy atom. The van der Waals surface area contributed by atoms with Crippen LogP contribution in [-0.2, 0) is 0 Å². The molecule has 27 heavy (non-hydrogen) atoms. The highest BCUT2D eigenvalue weighted by Gasteiger charge is 2.13. The standard InChI is InChI=1S/C19H19N5O2S/c1-24(2)15-10-8-14(9-11-15)20-17(25)16-12-27-19(22-16)23-18(26)21-13-6-4-3-5-7-13/h3-12H,1-2H3,(H,20,25)(H2,21,22,23,26). The summed E-state index contributed by atoms with van der Waals surface area (Å²) in [4.78, 5) is 30.4. The Kier molecular flexibility index (Phi) is 5.68. The molecule has 0 aliphatic rings. The molecule has 1 heterocycles. The summed E-state index contributed by atoms with van der Waals surface area (Å²) >= 11 is 1.18. The zero-order chi connectivity index (χ0) is 19.2. The summed E-state index contributed by atoms with van der Waals surface area (Å²) < 4.78 is 0. The molecule has 3 amide bonds. The number of amides is 3. The highest BCUT2D eigenvalue weighted by Crippen LogP contribution is 2.19. The third-order valence-corrected chi connectivity index (χ3v) is 4.39. The molecule has 0 bridgehead atoms. The number of anilines is 4. The van der Waals surface area contributed by atoms with Gasteiger partial charge in [-0.25, -0.2) is 9.78 Å².